The van der Waals surface area contributed by atoms with Crippen LogP contribution in [0.25, 0.3) is 17.0 Å². The molecular weight excluding hydrogens is 564 g/mol. The zero-order chi connectivity index (χ0) is 31.0. The Morgan fingerprint density at radius 3 is 2.45 bits per heavy atom. The van der Waals surface area contributed by atoms with Crippen molar-refractivity contribution in [2.45, 2.75) is 25.8 Å². The van der Waals surface area contributed by atoms with Crippen molar-refractivity contribution < 1.29 is 24.4 Å². The number of amides is 4. The van der Waals surface area contributed by atoms with Crippen LogP contribution in [0.4, 0.5) is 16.2 Å². The van der Waals surface area contributed by atoms with Crippen LogP contribution >= 0.6 is 0 Å². The number of aromatic amines is 1. The highest BCUT2D eigenvalue weighted by Gasteiger charge is 2.29. The molecule has 12 nitrogen and oxygen atoms in total. The summed E-state index contributed by atoms with van der Waals surface area (Å²) in [6.07, 6.45) is 4.03. The highest BCUT2D eigenvalue weighted by Crippen LogP contribution is 2.34. The van der Waals surface area contributed by atoms with Crippen molar-refractivity contribution in [3.05, 3.63) is 105 Å². The van der Waals surface area contributed by atoms with E-state index in [0.717, 1.165) is 24.9 Å². The fourth-order valence-electron chi connectivity index (χ4n) is 5.40. The van der Waals surface area contributed by atoms with Gasteiger partial charge in [-0.25, -0.2) is 9.79 Å². The van der Waals surface area contributed by atoms with E-state index < -0.39 is 16.9 Å². The van der Waals surface area contributed by atoms with Crippen LogP contribution in [0.2, 0.25) is 0 Å². The number of nitro groups is 1. The van der Waals surface area contributed by atoms with Gasteiger partial charge in [0, 0.05) is 55.2 Å². The van der Waals surface area contributed by atoms with Crippen LogP contribution < -0.4 is 5.32 Å². The molecule has 12 heteroatoms. The van der Waals surface area contributed by atoms with Crippen LogP contribution in [-0.4, -0.2) is 62.0 Å². The number of rotatable bonds is 7. The first kappa shape index (κ1) is 28.3. The van der Waals surface area contributed by atoms with Gasteiger partial charge in [-0.2, -0.15) is 0 Å². The minimum Gasteiger partial charge on any atom is -0.494 e. The first-order valence-electron chi connectivity index (χ1n) is 14.0. The first-order chi connectivity index (χ1) is 21.2. The molecule has 4 aromatic rings. The van der Waals surface area contributed by atoms with E-state index in [4.69, 9.17) is 4.99 Å². The van der Waals surface area contributed by atoms with Crippen molar-refractivity contribution in [1.29, 1.82) is 0 Å². The van der Waals surface area contributed by atoms with Gasteiger partial charge < -0.3 is 15.0 Å². The van der Waals surface area contributed by atoms with Gasteiger partial charge >= 0.3 is 6.03 Å². The van der Waals surface area contributed by atoms with Crippen LogP contribution in [0.15, 0.2) is 77.4 Å². The van der Waals surface area contributed by atoms with Gasteiger partial charge in [-0.3, -0.25) is 29.9 Å². The first-order valence-corrected chi connectivity index (χ1v) is 14.0. The second kappa shape index (κ2) is 11.5. The number of nitro benzene ring substituents is 1. The molecule has 2 aliphatic rings. The number of H-pyrrole nitrogens is 1. The van der Waals surface area contributed by atoms with E-state index in [1.54, 1.807) is 30.3 Å². The maximum Gasteiger partial charge on any atom is 0.328 e. The van der Waals surface area contributed by atoms with Gasteiger partial charge in [-0.05, 0) is 48.2 Å². The molecule has 0 unspecified atom stereocenters. The molecule has 222 valence electrons. The highest BCUT2D eigenvalue weighted by molar-refractivity contribution is 6.22. The Morgan fingerprint density at radius 1 is 1.05 bits per heavy atom. The number of fused-ring (bicyclic) bond motifs is 1. The third-order valence-corrected chi connectivity index (χ3v) is 7.79. The maximum absolute atomic E-state index is 12.3. The van der Waals surface area contributed by atoms with Crippen LogP contribution in [-0.2, 0) is 16.1 Å². The Labute approximate surface area is 251 Å². The van der Waals surface area contributed by atoms with Crippen molar-refractivity contribution >= 4 is 51.9 Å². The van der Waals surface area contributed by atoms with Gasteiger partial charge in [0.1, 0.15) is 5.70 Å². The minimum atomic E-state index is -0.501. The number of hydrogen-bond donors (Lipinski definition) is 3. The van der Waals surface area contributed by atoms with Gasteiger partial charge in [-0.15, -0.1) is 0 Å². The van der Waals surface area contributed by atoms with Crippen molar-refractivity contribution in [2.75, 3.05) is 13.6 Å². The molecular formula is C32H28N6O6. The molecule has 3 aromatic carbocycles. The Hall–Kier alpha value is -5.78. The number of piperidine rings is 1. The number of likely N-dealkylation sites (N-methyl/N-ethyl adjacent to an activating group) is 1. The Balaban J connectivity index is 1.40. The quantitative estimate of drug-likeness (QED) is 0.0901. The number of aromatic nitrogens is 1. The van der Waals surface area contributed by atoms with Gasteiger partial charge in [0.15, 0.2) is 5.88 Å². The number of hydrogen-bond acceptors (Lipinski definition) is 7. The molecule has 4 amide bonds. The number of urea groups is 1. The predicted octanol–water partition coefficient (Wildman–Crippen LogP) is 4.99. The zero-order valence-corrected chi connectivity index (χ0v) is 23.7. The molecule has 0 radical (unpaired) electrons. The second-order valence-electron chi connectivity index (χ2n) is 10.7. The van der Waals surface area contributed by atoms with E-state index in [2.05, 4.69) is 10.3 Å². The fraction of sp³-hybridized carbons (Fsp3) is 0.188. The number of nitrogens with zero attached hydrogens (tertiary/aromatic N) is 4. The Morgan fingerprint density at radius 2 is 1.80 bits per heavy atom. The third-order valence-electron chi connectivity index (χ3n) is 7.79. The molecule has 3 heterocycles. The van der Waals surface area contributed by atoms with Gasteiger partial charge in [0.05, 0.1) is 21.9 Å². The molecule has 0 atom stereocenters. The highest BCUT2D eigenvalue weighted by atomic mass is 16.6. The lowest BCUT2D eigenvalue weighted by Gasteiger charge is -2.26. The summed E-state index contributed by atoms with van der Waals surface area (Å²) in [5, 5.41) is 25.2. The SMILES string of the molecule is CN1C(=O)NC(=O)/C1=C/c1ccc(N=C(c2ccc(CN3CCCCC3=O)cc2)c2c(O)[nH]c3ccc([N+](=O)[O-])cc23)cc1. The number of aromatic hydroxyl groups is 1. The number of carbonyl (C=O) groups is 3. The summed E-state index contributed by atoms with van der Waals surface area (Å²) < 4.78 is 0. The Bertz CT molecular complexity index is 1870. The summed E-state index contributed by atoms with van der Waals surface area (Å²) in [5.41, 5.74) is 4.04. The van der Waals surface area contributed by atoms with Gasteiger partial charge in [-0.1, -0.05) is 36.4 Å². The average molecular weight is 593 g/mol. The summed E-state index contributed by atoms with van der Waals surface area (Å²) in [4.78, 5) is 58.1. The molecule has 6 rings (SSSR count). The molecule has 3 N–H and O–H groups in total. The monoisotopic (exact) mass is 592 g/mol. The Kier molecular flexibility index (Phi) is 7.39. The molecule has 0 bridgehead atoms. The molecule has 0 saturated carbocycles. The normalized spacial score (nSPS) is 16.7. The standard InChI is InChI=1S/C32H28N6O6/c1-36-26(30(40)35-32(36)42)16-19-7-11-22(12-8-19)33-29(28-24-17-23(38(43)44)13-14-25(24)34-31(28)41)21-9-5-20(6-10-21)18-37-15-3-2-4-27(37)39/h5-14,16-17,34,41H,2-4,15,18H2,1H3,(H,35,40,42)/b26-16-,33-29?. The third kappa shape index (κ3) is 5.52. The van der Waals surface area contributed by atoms with Crippen LogP contribution in [0.3, 0.4) is 0 Å². The minimum absolute atomic E-state index is 0.129. The zero-order valence-electron chi connectivity index (χ0n) is 23.7. The lowest BCUT2D eigenvalue weighted by atomic mass is 9.99. The van der Waals surface area contributed by atoms with Gasteiger partial charge in [0.25, 0.3) is 11.6 Å². The molecule has 44 heavy (non-hydrogen) atoms. The summed E-state index contributed by atoms with van der Waals surface area (Å²) in [6, 6.07) is 18.2. The van der Waals surface area contributed by atoms with E-state index in [1.807, 2.05) is 29.2 Å². The van der Waals surface area contributed by atoms with Crippen molar-refractivity contribution in [1.82, 2.24) is 20.1 Å². The van der Waals surface area contributed by atoms with E-state index in [9.17, 15) is 29.6 Å². The number of nitrogens with one attached hydrogen (secondary N) is 2. The number of carbonyl (C=O) groups excluding carboxylic acids is 3. The van der Waals surface area contributed by atoms with Crippen LogP contribution in [0.1, 0.15) is 41.5 Å². The average Bonchev–Trinajstić information content (AvgIpc) is 3.46. The summed E-state index contributed by atoms with van der Waals surface area (Å²) in [7, 11) is 1.50. The summed E-state index contributed by atoms with van der Waals surface area (Å²) in [6.45, 7) is 1.21. The maximum atomic E-state index is 12.3. The number of aliphatic imine (C=N–C) groups is 1. The number of likely N-dealkylation sites (tertiary alicyclic amines) is 1. The number of non-ortho nitro benzene ring substituents is 1. The van der Waals surface area contributed by atoms with E-state index in [-0.39, 0.29) is 23.2 Å². The van der Waals surface area contributed by atoms with E-state index in [0.29, 0.717) is 52.0 Å². The smallest absolute Gasteiger partial charge is 0.328 e. The second-order valence-corrected chi connectivity index (χ2v) is 10.7. The van der Waals surface area contributed by atoms with Crippen molar-refractivity contribution in [3.63, 3.8) is 0 Å². The largest absolute Gasteiger partial charge is 0.494 e. The number of imide groups is 1. The van der Waals surface area contributed by atoms with E-state index in [1.165, 1.54) is 30.1 Å². The molecule has 2 saturated heterocycles. The summed E-state index contributed by atoms with van der Waals surface area (Å²) >= 11 is 0. The molecule has 2 fully saturated rings. The lowest BCUT2D eigenvalue weighted by molar-refractivity contribution is -0.384. The topological polar surface area (TPSA) is 161 Å². The van der Waals surface area contributed by atoms with E-state index >= 15 is 0 Å². The fourth-order valence-corrected chi connectivity index (χ4v) is 5.40. The summed E-state index contributed by atoms with van der Waals surface area (Å²) in [5.74, 6) is -0.541. The molecule has 0 aliphatic carbocycles. The van der Waals surface area contributed by atoms with Crippen LogP contribution in [0, 0.1) is 10.1 Å². The molecule has 2 aliphatic heterocycles. The molecule has 1 aromatic heterocycles. The van der Waals surface area contributed by atoms with Gasteiger partial charge in [0.2, 0.25) is 5.91 Å². The molecule has 0 spiro atoms. The van der Waals surface area contributed by atoms with Crippen molar-refractivity contribution in [2.24, 2.45) is 4.99 Å². The van der Waals surface area contributed by atoms with Crippen molar-refractivity contribution in [3.8, 4) is 5.88 Å². The lowest BCUT2D eigenvalue weighted by Crippen LogP contribution is -2.34. The number of benzene rings is 3. The van der Waals surface area contributed by atoms with Crippen LogP contribution in [0.5, 0.6) is 5.88 Å². The predicted molar refractivity (Wildman–Crippen MR) is 163 cm³/mol.